The highest BCUT2D eigenvalue weighted by Gasteiger charge is 2.14. The summed E-state index contributed by atoms with van der Waals surface area (Å²) in [5.74, 6) is -0.194. The molecule has 7 heteroatoms. The van der Waals surface area contributed by atoms with E-state index in [1.54, 1.807) is 6.92 Å². The molecule has 0 aliphatic carbocycles. The predicted octanol–water partition coefficient (Wildman–Crippen LogP) is 3.02. The van der Waals surface area contributed by atoms with Crippen LogP contribution in [0.15, 0.2) is 23.2 Å². The molecule has 0 aromatic carbocycles. The van der Waals surface area contributed by atoms with Crippen molar-refractivity contribution in [1.82, 2.24) is 5.32 Å². The Bertz CT molecular complexity index is 495. The Morgan fingerprint density at radius 1 is 1.29 bits per heavy atom. The van der Waals surface area contributed by atoms with Gasteiger partial charge in [0.1, 0.15) is 11.5 Å². The van der Waals surface area contributed by atoms with E-state index in [0.29, 0.717) is 25.2 Å². The number of aliphatic hydroxyl groups is 1. The van der Waals surface area contributed by atoms with Gasteiger partial charge >= 0.3 is 6.09 Å². The van der Waals surface area contributed by atoms with Crippen molar-refractivity contribution in [3.8, 4) is 0 Å². The van der Waals surface area contributed by atoms with Crippen molar-refractivity contribution >= 4 is 18.3 Å². The first-order valence-electron chi connectivity index (χ1n) is 7.94. The van der Waals surface area contributed by atoms with Crippen molar-refractivity contribution in [3.05, 3.63) is 23.2 Å². The molecule has 7 nitrogen and oxygen atoms in total. The van der Waals surface area contributed by atoms with Gasteiger partial charge in [0.25, 0.3) is 6.47 Å². The zero-order valence-electron chi connectivity index (χ0n) is 14.8. The Kier molecular flexibility index (Phi) is 11.0. The Balaban J connectivity index is 4.69. The molecule has 0 radical (unpaired) electrons. The summed E-state index contributed by atoms with van der Waals surface area (Å²) in [4.78, 5) is 33.1. The smallest absolute Gasteiger partial charge is 0.406 e. The third-order valence-corrected chi connectivity index (χ3v) is 3.59. The highest BCUT2D eigenvalue weighted by molar-refractivity contribution is 5.95. The van der Waals surface area contributed by atoms with Gasteiger partial charge in [-0.3, -0.25) is 9.59 Å². The molecular formula is C17H27NO6. The number of hydrogen-bond acceptors (Lipinski definition) is 6. The Hall–Kier alpha value is -2.31. The zero-order valence-corrected chi connectivity index (χ0v) is 14.8. The minimum absolute atomic E-state index is 0.125. The number of allylic oxidation sites excluding steroid dienone is 3. The maximum Gasteiger partial charge on any atom is 0.406 e. The molecule has 0 spiro atoms. The molecule has 0 aliphatic rings. The first kappa shape index (κ1) is 21.7. The minimum atomic E-state index is -0.473. The van der Waals surface area contributed by atoms with Gasteiger partial charge in [0, 0.05) is 30.5 Å². The summed E-state index contributed by atoms with van der Waals surface area (Å²) in [6.45, 7) is 5.87. The van der Waals surface area contributed by atoms with Gasteiger partial charge < -0.3 is 19.9 Å². The van der Waals surface area contributed by atoms with Gasteiger partial charge in [0.2, 0.25) is 0 Å². The minimum Gasteiger partial charge on any atom is -0.507 e. The molecule has 2 N–H and O–H groups in total. The zero-order chi connectivity index (χ0) is 18.5. The fraction of sp³-hybridized carbons (Fsp3) is 0.588. The summed E-state index contributed by atoms with van der Waals surface area (Å²) in [6, 6.07) is 0. The van der Waals surface area contributed by atoms with Crippen molar-refractivity contribution in [2.75, 3.05) is 13.7 Å². The average Bonchev–Trinajstić information content (AvgIpc) is 2.58. The van der Waals surface area contributed by atoms with Crippen molar-refractivity contribution in [2.45, 2.75) is 46.5 Å². The summed E-state index contributed by atoms with van der Waals surface area (Å²) in [5, 5.41) is 12.6. The molecule has 0 aliphatic heterocycles. The first-order chi connectivity index (χ1) is 11.4. The fourth-order valence-corrected chi connectivity index (χ4v) is 1.98. The summed E-state index contributed by atoms with van der Waals surface area (Å²) in [7, 11) is 1.30. The lowest BCUT2D eigenvalue weighted by atomic mass is 10.00. The van der Waals surface area contributed by atoms with Gasteiger partial charge in [-0.1, -0.05) is 20.3 Å². The molecule has 0 rings (SSSR count). The molecule has 0 saturated carbocycles. The lowest BCUT2D eigenvalue weighted by Gasteiger charge is -2.14. The van der Waals surface area contributed by atoms with E-state index in [1.165, 1.54) is 20.1 Å². The number of hydrogen-bond donors (Lipinski definition) is 2. The number of carbonyl (C=O) groups is 3. The Morgan fingerprint density at radius 3 is 2.50 bits per heavy atom. The Morgan fingerprint density at radius 2 is 1.96 bits per heavy atom. The number of nitrogens with one attached hydrogen (secondary N) is 1. The summed E-state index contributed by atoms with van der Waals surface area (Å²) in [5.41, 5.74) is 0.235. The Labute approximate surface area is 142 Å². The third kappa shape index (κ3) is 8.36. The molecule has 0 saturated heterocycles. The van der Waals surface area contributed by atoms with Crippen molar-refractivity contribution in [3.63, 3.8) is 0 Å². The van der Waals surface area contributed by atoms with Crippen LogP contribution in [0.4, 0.5) is 4.79 Å². The molecule has 0 aromatic rings. The van der Waals surface area contributed by atoms with Gasteiger partial charge in [-0.05, 0) is 19.8 Å². The number of alkyl carbamates (subject to hydrolysis) is 1. The van der Waals surface area contributed by atoms with Crippen LogP contribution in [-0.2, 0) is 19.1 Å². The molecule has 0 bridgehead atoms. The number of carbonyl (C=O) groups excluding carboxylic acids is 3. The quantitative estimate of drug-likeness (QED) is 0.197. The highest BCUT2D eigenvalue weighted by Crippen LogP contribution is 2.20. The van der Waals surface area contributed by atoms with Crippen molar-refractivity contribution < 1.29 is 29.0 Å². The predicted molar refractivity (Wildman–Crippen MR) is 89.3 cm³/mol. The van der Waals surface area contributed by atoms with Crippen LogP contribution in [0.25, 0.3) is 0 Å². The van der Waals surface area contributed by atoms with Gasteiger partial charge in [-0.2, -0.15) is 0 Å². The molecule has 1 unspecified atom stereocenters. The van der Waals surface area contributed by atoms with E-state index >= 15 is 0 Å². The molecule has 0 aromatic heterocycles. The molecular weight excluding hydrogens is 314 g/mol. The molecule has 1 atom stereocenters. The largest absolute Gasteiger partial charge is 0.507 e. The number of amides is 1. The second-order valence-corrected chi connectivity index (χ2v) is 5.36. The topological polar surface area (TPSA) is 102 Å². The maximum absolute atomic E-state index is 11.6. The molecule has 24 heavy (non-hydrogen) atoms. The molecule has 136 valence electrons. The lowest BCUT2D eigenvalue weighted by molar-refractivity contribution is -0.125. The first-order valence-corrected chi connectivity index (χ1v) is 7.94. The fourth-order valence-electron chi connectivity index (χ4n) is 1.98. The van der Waals surface area contributed by atoms with Crippen LogP contribution < -0.4 is 5.32 Å². The number of ether oxygens (including phenoxy) is 2. The van der Waals surface area contributed by atoms with E-state index in [2.05, 4.69) is 10.1 Å². The van der Waals surface area contributed by atoms with E-state index in [0.717, 1.165) is 12.8 Å². The molecule has 0 heterocycles. The van der Waals surface area contributed by atoms with Crippen LogP contribution >= 0.6 is 0 Å². The van der Waals surface area contributed by atoms with Crippen LogP contribution in [-0.4, -0.2) is 37.1 Å². The van der Waals surface area contributed by atoms with Crippen LogP contribution in [0.1, 0.15) is 46.5 Å². The van der Waals surface area contributed by atoms with E-state index in [1.807, 2.05) is 6.92 Å². The van der Waals surface area contributed by atoms with Crippen LogP contribution in [0.2, 0.25) is 0 Å². The van der Waals surface area contributed by atoms with Crippen LogP contribution in [0, 0.1) is 5.92 Å². The number of unbranched alkanes of at least 4 members (excludes halogenated alkanes) is 1. The van der Waals surface area contributed by atoms with Crippen LogP contribution in [0.5, 0.6) is 0 Å². The molecule has 1 amide bonds. The van der Waals surface area contributed by atoms with Gasteiger partial charge in [-0.15, -0.1) is 0 Å². The number of Topliss-reactive ketones (excluding diaryl/α,β-unsaturated/α-hetero) is 1. The summed E-state index contributed by atoms with van der Waals surface area (Å²) < 4.78 is 9.40. The summed E-state index contributed by atoms with van der Waals surface area (Å²) in [6.07, 6.45) is 3.34. The average molecular weight is 341 g/mol. The second-order valence-electron chi connectivity index (χ2n) is 5.36. The third-order valence-electron chi connectivity index (χ3n) is 3.59. The number of aliphatic hydroxyl groups excluding tert-OH is 1. The van der Waals surface area contributed by atoms with E-state index in [-0.39, 0.29) is 29.5 Å². The van der Waals surface area contributed by atoms with E-state index in [9.17, 15) is 19.5 Å². The maximum atomic E-state index is 11.6. The second kappa shape index (κ2) is 12.2. The number of ketones is 1. The van der Waals surface area contributed by atoms with Gasteiger partial charge in [0.05, 0.1) is 7.11 Å². The van der Waals surface area contributed by atoms with E-state index in [4.69, 9.17) is 4.74 Å². The number of rotatable bonds is 11. The molecule has 0 fully saturated rings. The monoisotopic (exact) mass is 341 g/mol. The van der Waals surface area contributed by atoms with Crippen molar-refractivity contribution in [2.24, 2.45) is 5.92 Å². The van der Waals surface area contributed by atoms with E-state index < -0.39 is 6.09 Å². The van der Waals surface area contributed by atoms with Crippen molar-refractivity contribution in [1.29, 1.82) is 0 Å². The highest BCUT2D eigenvalue weighted by atomic mass is 16.5. The normalized spacial score (nSPS) is 13.6. The summed E-state index contributed by atoms with van der Waals surface area (Å²) >= 11 is 0. The van der Waals surface area contributed by atoms with Crippen LogP contribution in [0.3, 0.4) is 0 Å². The SMILES string of the molecule is CCC(=O)/C(C)=C(O)/C=C(\OC=O)C(C)CCCCNC(=O)OC. The lowest BCUT2D eigenvalue weighted by Crippen LogP contribution is -2.24. The number of methoxy groups -OCH3 is 1. The van der Waals surface area contributed by atoms with Gasteiger partial charge in [-0.25, -0.2) is 4.79 Å². The van der Waals surface area contributed by atoms with Gasteiger partial charge in [0.15, 0.2) is 5.78 Å². The standard InChI is InChI=1S/C17H27NO6/c1-5-14(20)13(3)15(21)10-16(24-11-19)12(2)8-6-7-9-18-17(22)23-4/h10-12,21H,5-9H2,1-4H3,(H,18,22)/b15-13-,16-10-.